The number of nitrogens with one attached hydrogen (secondary N) is 1. The van der Waals surface area contributed by atoms with Crippen LogP contribution in [-0.2, 0) is 4.79 Å². The predicted molar refractivity (Wildman–Crippen MR) is 83.3 cm³/mol. The number of hydrogen-bond donors (Lipinski definition) is 1. The highest BCUT2D eigenvalue weighted by atomic mass is 35.5. The Morgan fingerprint density at radius 1 is 1.19 bits per heavy atom. The van der Waals surface area contributed by atoms with Crippen LogP contribution in [0.25, 0.3) is 0 Å². The van der Waals surface area contributed by atoms with Gasteiger partial charge in [-0.2, -0.15) is 0 Å². The molecule has 0 bridgehead atoms. The number of ketones is 1. The summed E-state index contributed by atoms with van der Waals surface area (Å²) in [6.07, 6.45) is 0. The lowest BCUT2D eigenvalue weighted by Crippen LogP contribution is -2.55. The highest BCUT2D eigenvalue weighted by Gasteiger charge is 2.32. The van der Waals surface area contributed by atoms with Crippen LogP contribution >= 0.6 is 11.6 Å². The lowest BCUT2D eigenvalue weighted by molar-refractivity contribution is -0.112. The van der Waals surface area contributed by atoms with E-state index >= 15 is 0 Å². The number of amides is 1. The average Bonchev–Trinajstić information content (AvgIpc) is 2.70. The number of likely N-dealkylation sites (N-methyl/N-ethyl adjacent to an activating group) is 1. The van der Waals surface area contributed by atoms with Crippen molar-refractivity contribution in [2.75, 3.05) is 30.4 Å². The molecule has 2 atom stereocenters. The van der Waals surface area contributed by atoms with Crippen LogP contribution in [0.5, 0.6) is 0 Å². The molecule has 5 nitrogen and oxygen atoms in total. The molecule has 6 heteroatoms. The molecule has 1 fully saturated rings. The smallest absolute Gasteiger partial charge is 0.296 e. The summed E-state index contributed by atoms with van der Waals surface area (Å²) in [6.45, 7) is 6.08. The molecule has 1 saturated heterocycles. The fraction of sp³-hybridized carbons (Fsp3) is 0.467. The Balaban J connectivity index is 1.96. The molecule has 0 radical (unpaired) electrons. The number of carbonyl (C=O) groups excluding carboxylic acids is 2. The third kappa shape index (κ3) is 2.30. The van der Waals surface area contributed by atoms with E-state index < -0.39 is 11.7 Å². The van der Waals surface area contributed by atoms with E-state index in [0.717, 1.165) is 18.8 Å². The van der Waals surface area contributed by atoms with Crippen molar-refractivity contribution < 1.29 is 9.59 Å². The monoisotopic (exact) mass is 307 g/mol. The number of carbonyl (C=O) groups is 2. The predicted octanol–water partition coefficient (Wildman–Crippen LogP) is 2.00. The van der Waals surface area contributed by atoms with Gasteiger partial charge in [0, 0.05) is 25.2 Å². The molecule has 0 saturated carbocycles. The standard InChI is InChI=1S/C15H18ClN3O2/c1-8-6-19(7-9(2)18(8)3)13-5-12-10(4-11(13)16)14(20)15(21)17-12/h4-5,8-9H,6-7H2,1-3H3,(H,17,20,21). The Hall–Kier alpha value is -1.59. The second-order valence-electron chi connectivity index (χ2n) is 5.90. The van der Waals surface area contributed by atoms with Crippen molar-refractivity contribution in [3.05, 3.63) is 22.7 Å². The van der Waals surface area contributed by atoms with Crippen molar-refractivity contribution in [1.82, 2.24) is 4.90 Å². The van der Waals surface area contributed by atoms with Crippen molar-refractivity contribution in [3.8, 4) is 0 Å². The molecule has 0 aliphatic carbocycles. The van der Waals surface area contributed by atoms with Gasteiger partial charge in [-0.05, 0) is 33.0 Å². The molecule has 1 aromatic rings. The van der Waals surface area contributed by atoms with Crippen LogP contribution in [0.1, 0.15) is 24.2 Å². The van der Waals surface area contributed by atoms with Crippen molar-refractivity contribution in [2.45, 2.75) is 25.9 Å². The summed E-state index contributed by atoms with van der Waals surface area (Å²) >= 11 is 6.34. The number of benzene rings is 1. The van der Waals surface area contributed by atoms with Gasteiger partial charge in [0.1, 0.15) is 0 Å². The van der Waals surface area contributed by atoms with Crippen LogP contribution in [0, 0.1) is 0 Å². The topological polar surface area (TPSA) is 52.7 Å². The van der Waals surface area contributed by atoms with Crippen LogP contribution in [0.4, 0.5) is 11.4 Å². The number of hydrogen-bond acceptors (Lipinski definition) is 4. The van der Waals surface area contributed by atoms with Gasteiger partial charge in [-0.1, -0.05) is 11.6 Å². The molecule has 0 aromatic heterocycles. The first-order valence-corrected chi connectivity index (χ1v) is 7.42. The molecule has 0 spiro atoms. The number of piperazine rings is 1. The van der Waals surface area contributed by atoms with E-state index in [1.165, 1.54) is 0 Å². The van der Waals surface area contributed by atoms with E-state index in [9.17, 15) is 9.59 Å². The Morgan fingerprint density at radius 2 is 1.81 bits per heavy atom. The van der Waals surface area contributed by atoms with Crippen molar-refractivity contribution >= 4 is 34.7 Å². The summed E-state index contributed by atoms with van der Waals surface area (Å²) in [5.74, 6) is -1.10. The summed E-state index contributed by atoms with van der Waals surface area (Å²) in [5, 5.41) is 3.12. The second kappa shape index (κ2) is 5.00. The zero-order valence-corrected chi connectivity index (χ0v) is 13.1. The molecule has 1 aromatic carbocycles. The largest absolute Gasteiger partial charge is 0.367 e. The van der Waals surface area contributed by atoms with Crippen LogP contribution < -0.4 is 10.2 Å². The Bertz CT molecular complexity index is 620. The van der Waals surface area contributed by atoms with Crippen LogP contribution in [0.3, 0.4) is 0 Å². The first-order valence-electron chi connectivity index (χ1n) is 7.04. The maximum absolute atomic E-state index is 11.7. The Morgan fingerprint density at radius 3 is 2.43 bits per heavy atom. The number of Topliss-reactive ketones (excluding diaryl/α,β-unsaturated/α-hetero) is 1. The van der Waals surface area contributed by atoms with Gasteiger partial charge in [0.25, 0.3) is 11.7 Å². The number of anilines is 2. The molecule has 2 aliphatic heterocycles. The maximum atomic E-state index is 11.7. The second-order valence-corrected chi connectivity index (χ2v) is 6.31. The molecule has 2 unspecified atom stereocenters. The molecule has 21 heavy (non-hydrogen) atoms. The van der Waals surface area contributed by atoms with E-state index in [2.05, 4.69) is 36.0 Å². The highest BCUT2D eigenvalue weighted by molar-refractivity contribution is 6.52. The van der Waals surface area contributed by atoms with Gasteiger partial charge in [-0.15, -0.1) is 0 Å². The van der Waals surface area contributed by atoms with Crippen LogP contribution in [0.2, 0.25) is 5.02 Å². The third-order valence-electron chi connectivity index (χ3n) is 4.49. The zero-order valence-electron chi connectivity index (χ0n) is 12.3. The van der Waals surface area contributed by atoms with Crippen molar-refractivity contribution in [2.24, 2.45) is 0 Å². The number of nitrogens with zero attached hydrogens (tertiary/aromatic N) is 2. The van der Waals surface area contributed by atoms with Gasteiger partial charge in [0.05, 0.1) is 22.0 Å². The SMILES string of the molecule is CC1CN(c2cc3c(cc2Cl)C(=O)C(=O)N3)CC(C)N1C. The Kier molecular flexibility index (Phi) is 3.42. The van der Waals surface area contributed by atoms with E-state index in [1.807, 2.05) is 6.07 Å². The minimum absolute atomic E-state index is 0.365. The van der Waals surface area contributed by atoms with Crippen molar-refractivity contribution in [3.63, 3.8) is 0 Å². The van der Waals surface area contributed by atoms with Gasteiger partial charge in [-0.25, -0.2) is 0 Å². The quantitative estimate of drug-likeness (QED) is 0.806. The van der Waals surface area contributed by atoms with Gasteiger partial charge in [-0.3, -0.25) is 14.5 Å². The maximum Gasteiger partial charge on any atom is 0.296 e. The van der Waals surface area contributed by atoms with E-state index in [1.54, 1.807) is 6.07 Å². The molecule has 1 N–H and O–H groups in total. The minimum Gasteiger partial charge on any atom is -0.367 e. The summed E-state index contributed by atoms with van der Waals surface area (Å²) in [5.41, 5.74) is 1.80. The lowest BCUT2D eigenvalue weighted by Gasteiger charge is -2.43. The fourth-order valence-corrected chi connectivity index (χ4v) is 3.28. The van der Waals surface area contributed by atoms with Gasteiger partial charge < -0.3 is 10.2 Å². The van der Waals surface area contributed by atoms with E-state index in [4.69, 9.17) is 11.6 Å². The van der Waals surface area contributed by atoms with Crippen LogP contribution in [-0.4, -0.2) is 48.8 Å². The molecule has 3 rings (SSSR count). The zero-order chi connectivity index (χ0) is 15.3. The molecule has 112 valence electrons. The molecular formula is C15H18ClN3O2. The summed E-state index contributed by atoms with van der Waals surface area (Å²) in [7, 11) is 2.12. The normalized spacial score (nSPS) is 26.0. The summed E-state index contributed by atoms with van der Waals surface area (Å²) in [4.78, 5) is 27.7. The summed E-state index contributed by atoms with van der Waals surface area (Å²) < 4.78 is 0. The van der Waals surface area contributed by atoms with Gasteiger partial charge >= 0.3 is 0 Å². The first kappa shape index (κ1) is 14.4. The number of halogens is 1. The Labute approximate surface area is 128 Å². The number of fused-ring (bicyclic) bond motifs is 1. The fourth-order valence-electron chi connectivity index (χ4n) is 3.00. The van der Waals surface area contributed by atoms with Crippen LogP contribution in [0.15, 0.2) is 12.1 Å². The van der Waals surface area contributed by atoms with E-state index in [0.29, 0.717) is 28.4 Å². The van der Waals surface area contributed by atoms with Gasteiger partial charge in [0.2, 0.25) is 0 Å². The number of rotatable bonds is 1. The molecular weight excluding hydrogens is 290 g/mol. The lowest BCUT2D eigenvalue weighted by atomic mass is 10.1. The van der Waals surface area contributed by atoms with E-state index in [-0.39, 0.29) is 0 Å². The minimum atomic E-state index is -0.585. The third-order valence-corrected chi connectivity index (χ3v) is 4.79. The molecule has 2 heterocycles. The van der Waals surface area contributed by atoms with Crippen molar-refractivity contribution in [1.29, 1.82) is 0 Å². The molecule has 2 aliphatic rings. The average molecular weight is 308 g/mol. The van der Waals surface area contributed by atoms with Gasteiger partial charge in [0.15, 0.2) is 0 Å². The summed E-state index contributed by atoms with van der Waals surface area (Å²) in [6, 6.07) is 4.23. The highest BCUT2D eigenvalue weighted by Crippen LogP contribution is 2.36. The first-order chi connectivity index (χ1) is 9.88. The molecule has 1 amide bonds.